The number of unbranched alkanes of at least 4 members (excludes halogenated alkanes) is 6. The molecule has 4 heteroatoms. The minimum absolute atomic E-state index is 0.546. The molecular formula is C34H42N4. The molecule has 4 aromatic carbocycles. The number of anilines is 4. The van der Waals surface area contributed by atoms with E-state index in [-0.39, 0.29) is 0 Å². The Hall–Kier alpha value is -3.60. The van der Waals surface area contributed by atoms with Crippen molar-refractivity contribution in [2.75, 3.05) is 17.2 Å². The minimum atomic E-state index is -0.546. The van der Waals surface area contributed by atoms with Gasteiger partial charge in [-0.05, 0) is 79.0 Å². The van der Waals surface area contributed by atoms with Crippen LogP contribution in [0.15, 0.2) is 109 Å². The second-order valence-electron chi connectivity index (χ2n) is 10.1. The molecule has 6 N–H and O–H groups in total. The molecule has 4 rings (SSSR count). The third-order valence-electron chi connectivity index (χ3n) is 7.20. The van der Waals surface area contributed by atoms with E-state index < -0.39 is 5.54 Å². The van der Waals surface area contributed by atoms with Crippen LogP contribution in [0.4, 0.5) is 22.7 Å². The molecule has 0 saturated heterocycles. The lowest BCUT2D eigenvalue weighted by Crippen LogP contribution is -2.38. The Morgan fingerprint density at radius 1 is 0.447 bits per heavy atom. The van der Waals surface area contributed by atoms with Crippen molar-refractivity contribution in [3.8, 4) is 0 Å². The van der Waals surface area contributed by atoms with Crippen molar-refractivity contribution in [2.45, 2.75) is 56.9 Å². The van der Waals surface area contributed by atoms with Gasteiger partial charge in [0.05, 0.1) is 5.54 Å². The molecule has 198 valence electrons. The SMILES string of the molecule is NCCCCCCCCCC(N)(c1ccc(Nc2ccccc2)cc1)c1ccc(Nc2ccccc2)cc1. The molecule has 0 aliphatic heterocycles. The van der Waals surface area contributed by atoms with Crippen LogP contribution in [0, 0.1) is 0 Å². The number of hydrogen-bond donors (Lipinski definition) is 4. The lowest BCUT2D eigenvalue weighted by Gasteiger charge is -2.31. The van der Waals surface area contributed by atoms with Crippen molar-refractivity contribution in [3.63, 3.8) is 0 Å². The molecule has 0 unspecified atom stereocenters. The van der Waals surface area contributed by atoms with Crippen LogP contribution >= 0.6 is 0 Å². The molecule has 0 aromatic heterocycles. The number of rotatable bonds is 15. The number of benzene rings is 4. The molecule has 0 amide bonds. The van der Waals surface area contributed by atoms with Crippen molar-refractivity contribution in [1.29, 1.82) is 0 Å². The minimum Gasteiger partial charge on any atom is -0.356 e. The smallest absolute Gasteiger partial charge is 0.0665 e. The number of hydrogen-bond acceptors (Lipinski definition) is 4. The van der Waals surface area contributed by atoms with Crippen molar-refractivity contribution in [2.24, 2.45) is 11.5 Å². The average Bonchev–Trinajstić information content (AvgIpc) is 2.96. The van der Waals surface area contributed by atoms with Crippen LogP contribution < -0.4 is 22.1 Å². The van der Waals surface area contributed by atoms with E-state index in [0.29, 0.717) is 0 Å². The standard InChI is InChI=1S/C34H42N4/c35-27-13-5-3-1-2-4-12-26-34(36,28-18-22-32(23-19-28)37-30-14-8-6-9-15-30)29-20-24-33(25-21-29)38-31-16-10-7-11-17-31/h6-11,14-25,37-38H,1-5,12-13,26-27,35-36H2. The summed E-state index contributed by atoms with van der Waals surface area (Å²) in [6, 6.07) is 37.7. The summed E-state index contributed by atoms with van der Waals surface area (Å²) in [4.78, 5) is 0. The lowest BCUT2D eigenvalue weighted by molar-refractivity contribution is 0.451. The summed E-state index contributed by atoms with van der Waals surface area (Å²) in [5, 5.41) is 6.95. The van der Waals surface area contributed by atoms with Gasteiger partial charge < -0.3 is 22.1 Å². The Balaban J connectivity index is 1.47. The van der Waals surface area contributed by atoms with Crippen LogP contribution in [0.3, 0.4) is 0 Å². The third-order valence-corrected chi connectivity index (χ3v) is 7.20. The van der Waals surface area contributed by atoms with Gasteiger partial charge in [0.2, 0.25) is 0 Å². The molecule has 0 aliphatic carbocycles. The average molecular weight is 507 g/mol. The molecule has 0 spiro atoms. The van der Waals surface area contributed by atoms with Crippen molar-refractivity contribution < 1.29 is 0 Å². The van der Waals surface area contributed by atoms with Gasteiger partial charge in [-0.15, -0.1) is 0 Å². The molecular weight excluding hydrogens is 464 g/mol. The van der Waals surface area contributed by atoms with Gasteiger partial charge in [0.15, 0.2) is 0 Å². The van der Waals surface area contributed by atoms with Crippen LogP contribution in [0.25, 0.3) is 0 Å². The fraction of sp³-hybridized carbons (Fsp3) is 0.294. The quantitative estimate of drug-likeness (QED) is 0.122. The molecule has 4 aromatic rings. The zero-order valence-electron chi connectivity index (χ0n) is 22.4. The maximum absolute atomic E-state index is 7.27. The summed E-state index contributed by atoms with van der Waals surface area (Å²) < 4.78 is 0. The van der Waals surface area contributed by atoms with E-state index in [2.05, 4.69) is 83.4 Å². The Labute approximate surface area is 228 Å². The second kappa shape index (κ2) is 14.4. The number of nitrogens with two attached hydrogens (primary N) is 2. The van der Waals surface area contributed by atoms with Crippen LogP contribution in [0.5, 0.6) is 0 Å². The Bertz CT molecular complexity index is 1100. The molecule has 0 atom stereocenters. The predicted molar refractivity (Wildman–Crippen MR) is 163 cm³/mol. The first-order valence-corrected chi connectivity index (χ1v) is 14.0. The summed E-state index contributed by atoms with van der Waals surface area (Å²) in [5.41, 5.74) is 18.9. The van der Waals surface area contributed by atoms with E-state index in [1.54, 1.807) is 0 Å². The van der Waals surface area contributed by atoms with E-state index in [9.17, 15) is 0 Å². The normalized spacial score (nSPS) is 11.3. The van der Waals surface area contributed by atoms with Gasteiger partial charge in [-0.3, -0.25) is 0 Å². The molecule has 0 bridgehead atoms. The van der Waals surface area contributed by atoms with Gasteiger partial charge in [-0.25, -0.2) is 0 Å². The highest BCUT2D eigenvalue weighted by Crippen LogP contribution is 2.34. The number of nitrogens with one attached hydrogen (secondary N) is 2. The summed E-state index contributed by atoms with van der Waals surface area (Å²) in [6.07, 6.45) is 9.38. The molecule has 0 heterocycles. The monoisotopic (exact) mass is 506 g/mol. The maximum atomic E-state index is 7.27. The first-order valence-electron chi connectivity index (χ1n) is 14.0. The molecule has 4 nitrogen and oxygen atoms in total. The van der Waals surface area contributed by atoms with Crippen molar-refractivity contribution in [1.82, 2.24) is 0 Å². The molecule has 0 fully saturated rings. The molecule has 0 saturated carbocycles. The summed E-state index contributed by atoms with van der Waals surface area (Å²) in [7, 11) is 0. The topological polar surface area (TPSA) is 76.1 Å². The van der Waals surface area contributed by atoms with Crippen LogP contribution in [0.1, 0.15) is 62.5 Å². The zero-order chi connectivity index (χ0) is 26.5. The van der Waals surface area contributed by atoms with E-state index >= 15 is 0 Å². The third kappa shape index (κ3) is 7.95. The van der Waals surface area contributed by atoms with Gasteiger partial charge in [0.1, 0.15) is 0 Å². The summed E-state index contributed by atoms with van der Waals surface area (Å²) in [5.74, 6) is 0. The molecule has 38 heavy (non-hydrogen) atoms. The van der Waals surface area contributed by atoms with Crippen LogP contribution in [-0.2, 0) is 5.54 Å². The predicted octanol–water partition coefficient (Wildman–Crippen LogP) is 8.46. The highest BCUT2D eigenvalue weighted by atomic mass is 14.9. The highest BCUT2D eigenvalue weighted by molar-refractivity contribution is 5.62. The van der Waals surface area contributed by atoms with Gasteiger partial charge in [0, 0.05) is 22.7 Å². The van der Waals surface area contributed by atoms with Gasteiger partial charge in [0.25, 0.3) is 0 Å². The lowest BCUT2D eigenvalue weighted by atomic mass is 9.79. The van der Waals surface area contributed by atoms with Crippen molar-refractivity contribution >= 4 is 22.7 Å². The van der Waals surface area contributed by atoms with Gasteiger partial charge in [-0.2, -0.15) is 0 Å². The summed E-state index contributed by atoms with van der Waals surface area (Å²) in [6.45, 7) is 0.801. The summed E-state index contributed by atoms with van der Waals surface area (Å²) >= 11 is 0. The van der Waals surface area contributed by atoms with E-state index in [1.807, 2.05) is 36.4 Å². The van der Waals surface area contributed by atoms with E-state index in [1.165, 1.54) is 32.1 Å². The van der Waals surface area contributed by atoms with Crippen molar-refractivity contribution in [3.05, 3.63) is 120 Å². The van der Waals surface area contributed by atoms with E-state index in [0.717, 1.165) is 59.7 Å². The fourth-order valence-electron chi connectivity index (χ4n) is 4.97. The number of para-hydroxylation sites is 2. The largest absolute Gasteiger partial charge is 0.356 e. The molecule has 0 radical (unpaired) electrons. The first kappa shape index (κ1) is 27.4. The Kier molecular flexibility index (Phi) is 10.4. The van der Waals surface area contributed by atoms with Gasteiger partial charge in [-0.1, -0.05) is 99.2 Å². The van der Waals surface area contributed by atoms with E-state index in [4.69, 9.17) is 11.5 Å². The maximum Gasteiger partial charge on any atom is 0.0665 e. The Morgan fingerprint density at radius 2 is 0.816 bits per heavy atom. The fourth-order valence-corrected chi connectivity index (χ4v) is 4.97. The highest BCUT2D eigenvalue weighted by Gasteiger charge is 2.29. The zero-order valence-corrected chi connectivity index (χ0v) is 22.4. The van der Waals surface area contributed by atoms with Crippen LogP contribution in [-0.4, -0.2) is 6.54 Å². The molecule has 0 aliphatic rings. The van der Waals surface area contributed by atoms with Gasteiger partial charge >= 0.3 is 0 Å². The van der Waals surface area contributed by atoms with Crippen LogP contribution in [0.2, 0.25) is 0 Å². The second-order valence-corrected chi connectivity index (χ2v) is 10.1. The first-order chi connectivity index (χ1) is 18.7. The Morgan fingerprint density at radius 3 is 1.24 bits per heavy atom.